The van der Waals surface area contributed by atoms with E-state index in [0.717, 1.165) is 21.7 Å². The fourth-order valence-electron chi connectivity index (χ4n) is 4.82. The first-order valence-corrected chi connectivity index (χ1v) is 12.6. The fraction of sp³-hybridized carbons (Fsp3) is 0.458. The summed E-state index contributed by atoms with van der Waals surface area (Å²) in [4.78, 5) is 32.1. The van der Waals surface area contributed by atoms with E-state index in [1.165, 1.54) is 11.3 Å². The van der Waals surface area contributed by atoms with Crippen molar-refractivity contribution in [3.05, 3.63) is 39.9 Å². The van der Waals surface area contributed by atoms with Gasteiger partial charge in [0.1, 0.15) is 5.60 Å². The third-order valence-corrected chi connectivity index (χ3v) is 7.34. The topological polar surface area (TPSA) is 129 Å². The summed E-state index contributed by atoms with van der Waals surface area (Å²) >= 11 is 1.39. The molecule has 6 rings (SSSR count). The monoisotopic (exact) mass is 511 g/mol. The molecule has 11 nitrogen and oxygen atoms in total. The number of carbonyl (C=O) groups is 2. The van der Waals surface area contributed by atoms with Crippen molar-refractivity contribution < 1.29 is 28.2 Å². The zero-order valence-electron chi connectivity index (χ0n) is 20.1. The molecule has 2 atom stereocenters. The molecule has 36 heavy (non-hydrogen) atoms. The molecule has 188 valence electrons. The Morgan fingerprint density at radius 2 is 2.06 bits per heavy atom. The Kier molecular flexibility index (Phi) is 5.45. The van der Waals surface area contributed by atoms with Gasteiger partial charge in [-0.05, 0) is 38.5 Å². The number of rotatable bonds is 3. The van der Waals surface area contributed by atoms with Crippen molar-refractivity contribution in [2.75, 3.05) is 30.0 Å². The molecule has 0 aliphatic carbocycles. The van der Waals surface area contributed by atoms with Gasteiger partial charge in [0, 0.05) is 18.4 Å². The van der Waals surface area contributed by atoms with Gasteiger partial charge >= 0.3 is 18.1 Å². The lowest BCUT2D eigenvalue weighted by Gasteiger charge is -2.43. The van der Waals surface area contributed by atoms with Crippen LogP contribution in [0, 0.1) is 0 Å². The minimum atomic E-state index is -0.601. The average molecular weight is 512 g/mol. The number of carbonyl (C=O) groups excluding carboxylic acids is 2. The Balaban J connectivity index is 1.29. The van der Waals surface area contributed by atoms with E-state index in [1.54, 1.807) is 12.1 Å². The predicted octanol–water partition coefficient (Wildman–Crippen LogP) is 3.76. The van der Waals surface area contributed by atoms with Crippen LogP contribution in [0.3, 0.4) is 0 Å². The van der Waals surface area contributed by atoms with E-state index in [-0.39, 0.29) is 18.1 Å². The van der Waals surface area contributed by atoms with Crippen LogP contribution in [0.1, 0.15) is 53.3 Å². The van der Waals surface area contributed by atoms with Gasteiger partial charge in [0.15, 0.2) is 5.13 Å². The molecule has 0 unspecified atom stereocenters. The smallest absolute Gasteiger partial charge is 0.413 e. The van der Waals surface area contributed by atoms with Crippen molar-refractivity contribution in [1.82, 2.24) is 15.2 Å². The molecule has 1 fully saturated rings. The summed E-state index contributed by atoms with van der Waals surface area (Å²) in [5.41, 5.74) is 2.45. The number of hydrogen-bond acceptors (Lipinski definition) is 11. The predicted molar refractivity (Wildman–Crippen MR) is 129 cm³/mol. The molecule has 0 spiro atoms. The molecule has 1 aromatic carbocycles. The minimum Gasteiger partial charge on any atom is -0.462 e. The molecule has 2 bridgehead atoms. The average Bonchev–Trinajstić information content (AvgIpc) is 3.44. The number of nitrogens with zero attached hydrogens (tertiary/aromatic N) is 4. The van der Waals surface area contributed by atoms with Crippen LogP contribution < -0.4 is 10.2 Å². The molecular formula is C24H25N5O6S. The molecule has 1 N–H and O–H groups in total. The first kappa shape index (κ1) is 22.9. The van der Waals surface area contributed by atoms with Gasteiger partial charge in [-0.2, -0.15) is 0 Å². The van der Waals surface area contributed by atoms with Crippen LogP contribution in [-0.2, 0) is 27.1 Å². The van der Waals surface area contributed by atoms with E-state index in [1.807, 2.05) is 26.8 Å². The van der Waals surface area contributed by atoms with Gasteiger partial charge in [-0.15, -0.1) is 5.10 Å². The van der Waals surface area contributed by atoms with E-state index in [9.17, 15) is 9.59 Å². The molecule has 1 amide bonds. The van der Waals surface area contributed by atoms with Crippen molar-refractivity contribution >= 4 is 34.5 Å². The molecule has 0 saturated carbocycles. The SMILES string of the molecule is CC(C)(C)OC(=O)Nc1nc2c(s1)[C@@H]1COC[C@H](C2)N1c1nnc(-c2cccc3c2CCOC3=O)o1. The second kappa shape index (κ2) is 8.56. The van der Waals surface area contributed by atoms with Gasteiger partial charge < -0.3 is 23.5 Å². The van der Waals surface area contributed by atoms with E-state index in [2.05, 4.69) is 25.4 Å². The Bertz CT molecular complexity index is 1340. The van der Waals surface area contributed by atoms with Crippen LogP contribution >= 0.6 is 11.3 Å². The Morgan fingerprint density at radius 1 is 1.22 bits per heavy atom. The number of anilines is 2. The van der Waals surface area contributed by atoms with Crippen LogP contribution in [0.2, 0.25) is 0 Å². The maximum absolute atomic E-state index is 12.3. The third kappa shape index (κ3) is 4.09. The van der Waals surface area contributed by atoms with Crippen molar-refractivity contribution in [2.45, 2.75) is 51.3 Å². The zero-order valence-corrected chi connectivity index (χ0v) is 20.9. The summed E-state index contributed by atoms with van der Waals surface area (Å²) in [6, 6.07) is 5.59. The van der Waals surface area contributed by atoms with Crippen LogP contribution in [-0.4, -0.2) is 58.7 Å². The second-order valence-corrected chi connectivity index (χ2v) is 10.9. The van der Waals surface area contributed by atoms with E-state index in [4.69, 9.17) is 18.6 Å². The highest BCUT2D eigenvalue weighted by Gasteiger charge is 2.43. The molecular weight excluding hydrogens is 486 g/mol. The number of amides is 1. The van der Waals surface area contributed by atoms with E-state index < -0.39 is 11.7 Å². The maximum Gasteiger partial charge on any atom is 0.413 e. The summed E-state index contributed by atoms with van der Waals surface area (Å²) in [5, 5.41) is 11.9. The normalized spacial score (nSPS) is 20.9. The zero-order chi connectivity index (χ0) is 25.0. The molecule has 0 radical (unpaired) electrons. The molecule has 3 aliphatic heterocycles. The molecule has 3 aliphatic rings. The molecule has 2 aromatic heterocycles. The number of cyclic esters (lactones) is 1. The fourth-order valence-corrected chi connectivity index (χ4v) is 5.88. The Labute approximate surface area is 210 Å². The lowest BCUT2D eigenvalue weighted by Crippen LogP contribution is -2.51. The number of esters is 1. The van der Waals surface area contributed by atoms with Crippen molar-refractivity contribution in [2.24, 2.45) is 0 Å². The molecule has 3 aromatic rings. The second-order valence-electron chi connectivity index (χ2n) is 9.88. The first-order chi connectivity index (χ1) is 17.3. The van der Waals surface area contributed by atoms with Gasteiger partial charge in [0.25, 0.3) is 0 Å². The van der Waals surface area contributed by atoms with Crippen LogP contribution in [0.5, 0.6) is 0 Å². The highest BCUT2D eigenvalue weighted by Crippen LogP contribution is 2.44. The Hall–Kier alpha value is -3.51. The highest BCUT2D eigenvalue weighted by molar-refractivity contribution is 7.16. The van der Waals surface area contributed by atoms with Gasteiger partial charge in [-0.1, -0.05) is 22.5 Å². The summed E-state index contributed by atoms with van der Waals surface area (Å²) in [6.45, 7) is 6.69. The quantitative estimate of drug-likeness (QED) is 0.519. The van der Waals surface area contributed by atoms with E-state index in [0.29, 0.717) is 55.3 Å². The number of aromatic nitrogens is 3. The summed E-state index contributed by atoms with van der Waals surface area (Å²) in [7, 11) is 0. The van der Waals surface area contributed by atoms with Gasteiger partial charge in [0.05, 0.1) is 48.0 Å². The van der Waals surface area contributed by atoms with Crippen molar-refractivity contribution in [1.29, 1.82) is 0 Å². The van der Waals surface area contributed by atoms with Gasteiger partial charge in [-0.25, -0.2) is 14.6 Å². The molecule has 1 saturated heterocycles. The third-order valence-electron chi connectivity index (χ3n) is 6.23. The van der Waals surface area contributed by atoms with Crippen LogP contribution in [0.15, 0.2) is 22.6 Å². The molecule has 5 heterocycles. The van der Waals surface area contributed by atoms with Crippen LogP contribution in [0.25, 0.3) is 11.5 Å². The highest BCUT2D eigenvalue weighted by atomic mass is 32.1. The number of benzene rings is 1. The lowest BCUT2D eigenvalue weighted by molar-refractivity contribution is 0.0480. The number of thiazole rings is 1. The number of morpholine rings is 1. The minimum absolute atomic E-state index is 0.0410. The van der Waals surface area contributed by atoms with Gasteiger partial charge in [-0.3, -0.25) is 5.32 Å². The maximum atomic E-state index is 12.3. The number of hydrogen-bond donors (Lipinski definition) is 1. The van der Waals surface area contributed by atoms with E-state index >= 15 is 0 Å². The number of fused-ring (bicyclic) bond motifs is 5. The summed E-state index contributed by atoms with van der Waals surface area (Å²) in [6.07, 6.45) is 0.666. The standard InChI is InChI=1S/C24H25N5O6S/c1-24(2,3)35-23(31)26-21-25-16-9-12-10-32-11-17(18(16)36-21)29(12)22-28-27-19(34-22)14-5-4-6-15-13(14)7-8-33-20(15)30/h4-6,12,17H,7-11H2,1-3H3,(H,25,26,31)/t12-,17-/m0/s1. The summed E-state index contributed by atoms with van der Waals surface area (Å²) < 4.78 is 22.6. The van der Waals surface area contributed by atoms with Gasteiger partial charge in [0.2, 0.25) is 5.89 Å². The lowest BCUT2D eigenvalue weighted by atomic mass is 9.97. The first-order valence-electron chi connectivity index (χ1n) is 11.8. The summed E-state index contributed by atoms with van der Waals surface area (Å²) in [5.74, 6) is 0.0204. The largest absolute Gasteiger partial charge is 0.462 e. The van der Waals surface area contributed by atoms with Crippen molar-refractivity contribution in [3.63, 3.8) is 0 Å². The number of nitrogens with one attached hydrogen (secondary N) is 1. The number of ether oxygens (including phenoxy) is 3. The van der Waals surface area contributed by atoms with Crippen molar-refractivity contribution in [3.8, 4) is 11.5 Å². The Morgan fingerprint density at radius 3 is 2.89 bits per heavy atom. The van der Waals surface area contributed by atoms with Crippen LogP contribution in [0.4, 0.5) is 15.9 Å². The molecule has 12 heteroatoms.